The minimum absolute atomic E-state index is 0.266. The molecule has 2 aromatic carbocycles. The van der Waals surface area contributed by atoms with Crippen molar-refractivity contribution in [2.45, 2.75) is 25.9 Å². The van der Waals surface area contributed by atoms with Gasteiger partial charge in [-0.05, 0) is 37.1 Å². The molecule has 0 saturated carbocycles. The number of anilines is 1. The van der Waals surface area contributed by atoms with E-state index in [0.717, 1.165) is 0 Å². The van der Waals surface area contributed by atoms with Gasteiger partial charge in [0.15, 0.2) is 0 Å². The number of carbonyl (C=O) groups is 2. The maximum atomic E-state index is 12.3. The zero-order chi connectivity index (χ0) is 17.4. The van der Waals surface area contributed by atoms with Crippen LogP contribution in [0.2, 0.25) is 0 Å². The van der Waals surface area contributed by atoms with Crippen LogP contribution in [0.25, 0.3) is 0 Å². The summed E-state index contributed by atoms with van der Waals surface area (Å²) in [7, 11) is 0. The second-order valence-electron chi connectivity index (χ2n) is 5.47. The van der Waals surface area contributed by atoms with Gasteiger partial charge in [0.2, 0.25) is 0 Å². The molecule has 0 fully saturated rings. The molecule has 0 saturated heterocycles. The topological polar surface area (TPSA) is 78.4 Å². The Labute approximate surface area is 141 Å². The third kappa shape index (κ3) is 4.93. The van der Waals surface area contributed by atoms with Gasteiger partial charge in [-0.15, -0.1) is 0 Å². The van der Waals surface area contributed by atoms with Crippen molar-refractivity contribution in [2.75, 3.05) is 11.9 Å². The smallest absolute Gasteiger partial charge is 0.255 e. The van der Waals surface area contributed by atoms with Crippen molar-refractivity contribution in [3.05, 3.63) is 65.7 Å². The molecular formula is C19H22N2O3. The highest BCUT2D eigenvalue weighted by Crippen LogP contribution is 2.16. The molecule has 0 spiro atoms. The molecule has 3 N–H and O–H groups in total. The van der Waals surface area contributed by atoms with Gasteiger partial charge < -0.3 is 15.7 Å². The zero-order valence-corrected chi connectivity index (χ0v) is 13.7. The lowest BCUT2D eigenvalue weighted by Crippen LogP contribution is -2.28. The van der Waals surface area contributed by atoms with Gasteiger partial charge >= 0.3 is 0 Å². The number of carbonyl (C=O) groups excluding carboxylic acids is 2. The number of nitrogens with one attached hydrogen (secondary N) is 2. The maximum absolute atomic E-state index is 12.3. The first kappa shape index (κ1) is 17.7. The Bertz CT molecular complexity index is 686. The van der Waals surface area contributed by atoms with Gasteiger partial charge in [-0.2, -0.15) is 0 Å². The fraction of sp³-hybridized carbons (Fsp3) is 0.263. The summed E-state index contributed by atoms with van der Waals surface area (Å²) in [4.78, 5) is 24.6. The van der Waals surface area contributed by atoms with Gasteiger partial charge in [0.05, 0.1) is 17.4 Å². The van der Waals surface area contributed by atoms with E-state index in [2.05, 4.69) is 10.6 Å². The fourth-order valence-corrected chi connectivity index (χ4v) is 2.23. The van der Waals surface area contributed by atoms with Crippen molar-refractivity contribution in [1.29, 1.82) is 0 Å². The molecule has 0 radical (unpaired) electrons. The molecule has 0 aliphatic carbocycles. The SMILES string of the molecule is CCC(O)CCNC(=O)c1ccccc1NC(=O)c1ccccc1. The van der Waals surface area contributed by atoms with Gasteiger partial charge in [-0.3, -0.25) is 9.59 Å². The van der Waals surface area contributed by atoms with Crippen LogP contribution < -0.4 is 10.6 Å². The van der Waals surface area contributed by atoms with Crippen molar-refractivity contribution in [2.24, 2.45) is 0 Å². The Kier molecular flexibility index (Phi) is 6.51. The second-order valence-corrected chi connectivity index (χ2v) is 5.47. The van der Waals surface area contributed by atoms with E-state index in [4.69, 9.17) is 0 Å². The lowest BCUT2D eigenvalue weighted by molar-refractivity contribution is 0.0943. The number of benzene rings is 2. The molecule has 0 aliphatic heterocycles. The molecule has 1 atom stereocenters. The molecule has 24 heavy (non-hydrogen) atoms. The van der Waals surface area contributed by atoms with Gasteiger partial charge in [0.25, 0.3) is 11.8 Å². The normalized spacial score (nSPS) is 11.6. The molecule has 0 aliphatic rings. The molecule has 2 aromatic rings. The molecule has 2 amide bonds. The number of hydrogen-bond donors (Lipinski definition) is 3. The Morgan fingerprint density at radius 2 is 1.67 bits per heavy atom. The van der Waals surface area contributed by atoms with E-state index < -0.39 is 6.10 Å². The van der Waals surface area contributed by atoms with Gasteiger partial charge in [0.1, 0.15) is 0 Å². The molecule has 5 nitrogen and oxygen atoms in total. The highest BCUT2D eigenvalue weighted by molar-refractivity contribution is 6.08. The van der Waals surface area contributed by atoms with Crippen LogP contribution in [0.5, 0.6) is 0 Å². The fourth-order valence-electron chi connectivity index (χ4n) is 2.23. The van der Waals surface area contributed by atoms with E-state index in [9.17, 15) is 14.7 Å². The van der Waals surface area contributed by atoms with Crippen molar-refractivity contribution < 1.29 is 14.7 Å². The van der Waals surface area contributed by atoms with Crippen LogP contribution in [0.15, 0.2) is 54.6 Å². The summed E-state index contributed by atoms with van der Waals surface area (Å²) in [5.74, 6) is -0.542. The number of rotatable bonds is 7. The predicted octanol–water partition coefficient (Wildman–Crippen LogP) is 2.83. The van der Waals surface area contributed by atoms with E-state index in [1.165, 1.54) is 0 Å². The summed E-state index contributed by atoms with van der Waals surface area (Å²) >= 11 is 0. The standard InChI is InChI=1S/C19H22N2O3/c1-2-15(22)12-13-20-19(24)16-10-6-7-11-17(16)21-18(23)14-8-4-3-5-9-14/h3-11,15,22H,2,12-13H2,1H3,(H,20,24)(H,21,23). The van der Waals surface area contributed by atoms with E-state index in [0.29, 0.717) is 36.2 Å². The van der Waals surface area contributed by atoms with Gasteiger partial charge in [-0.1, -0.05) is 37.3 Å². The summed E-state index contributed by atoms with van der Waals surface area (Å²) < 4.78 is 0. The molecule has 0 heterocycles. The number of amides is 2. The average Bonchev–Trinajstić information content (AvgIpc) is 2.62. The van der Waals surface area contributed by atoms with E-state index in [1.807, 2.05) is 13.0 Å². The van der Waals surface area contributed by atoms with Crippen molar-refractivity contribution >= 4 is 17.5 Å². The third-order valence-corrected chi connectivity index (χ3v) is 3.69. The molecule has 5 heteroatoms. The van der Waals surface area contributed by atoms with Crippen molar-refractivity contribution in [3.8, 4) is 0 Å². The summed E-state index contributed by atoms with van der Waals surface area (Å²) in [6, 6.07) is 15.7. The lowest BCUT2D eigenvalue weighted by atomic mass is 10.1. The molecule has 2 rings (SSSR count). The van der Waals surface area contributed by atoms with Crippen LogP contribution in [-0.2, 0) is 0 Å². The predicted molar refractivity (Wildman–Crippen MR) is 94.1 cm³/mol. The number of hydrogen-bond acceptors (Lipinski definition) is 3. The van der Waals surface area contributed by atoms with Crippen LogP contribution >= 0.6 is 0 Å². The monoisotopic (exact) mass is 326 g/mol. The summed E-state index contributed by atoms with van der Waals surface area (Å²) in [6.07, 6.45) is 0.735. The number of aliphatic hydroxyl groups excluding tert-OH is 1. The van der Waals surface area contributed by atoms with Crippen molar-refractivity contribution in [3.63, 3.8) is 0 Å². The molecule has 0 bridgehead atoms. The van der Waals surface area contributed by atoms with Crippen LogP contribution in [0.3, 0.4) is 0 Å². The molecular weight excluding hydrogens is 304 g/mol. The highest BCUT2D eigenvalue weighted by Gasteiger charge is 2.14. The molecule has 0 aromatic heterocycles. The summed E-state index contributed by atoms with van der Waals surface area (Å²) in [6.45, 7) is 2.27. The van der Waals surface area contributed by atoms with E-state index in [-0.39, 0.29) is 11.8 Å². The average molecular weight is 326 g/mol. The van der Waals surface area contributed by atoms with E-state index >= 15 is 0 Å². The highest BCUT2D eigenvalue weighted by atomic mass is 16.3. The van der Waals surface area contributed by atoms with Crippen molar-refractivity contribution in [1.82, 2.24) is 5.32 Å². The Morgan fingerprint density at radius 3 is 2.38 bits per heavy atom. The Balaban J connectivity index is 2.04. The lowest BCUT2D eigenvalue weighted by Gasteiger charge is -2.12. The van der Waals surface area contributed by atoms with Crippen LogP contribution in [0.1, 0.15) is 40.5 Å². The zero-order valence-electron chi connectivity index (χ0n) is 13.7. The maximum Gasteiger partial charge on any atom is 0.255 e. The minimum atomic E-state index is -0.418. The van der Waals surface area contributed by atoms with Gasteiger partial charge in [-0.25, -0.2) is 0 Å². The largest absolute Gasteiger partial charge is 0.393 e. The summed E-state index contributed by atoms with van der Waals surface area (Å²) in [5, 5.41) is 15.1. The first-order valence-corrected chi connectivity index (χ1v) is 8.03. The number of para-hydroxylation sites is 1. The first-order valence-electron chi connectivity index (χ1n) is 8.03. The summed E-state index contributed by atoms with van der Waals surface area (Å²) in [5.41, 5.74) is 1.38. The van der Waals surface area contributed by atoms with E-state index in [1.54, 1.807) is 48.5 Å². The molecule has 126 valence electrons. The minimum Gasteiger partial charge on any atom is -0.393 e. The van der Waals surface area contributed by atoms with Crippen LogP contribution in [0, 0.1) is 0 Å². The quantitative estimate of drug-likeness (QED) is 0.732. The number of aliphatic hydroxyl groups is 1. The van der Waals surface area contributed by atoms with Crippen LogP contribution in [0.4, 0.5) is 5.69 Å². The Hall–Kier alpha value is -2.66. The second kappa shape index (κ2) is 8.84. The van der Waals surface area contributed by atoms with Gasteiger partial charge in [0, 0.05) is 12.1 Å². The molecule has 1 unspecified atom stereocenters. The van der Waals surface area contributed by atoms with Crippen LogP contribution in [-0.4, -0.2) is 29.6 Å². The third-order valence-electron chi connectivity index (χ3n) is 3.69. The first-order chi connectivity index (χ1) is 11.6. The Morgan fingerprint density at radius 1 is 1.00 bits per heavy atom.